The van der Waals surface area contributed by atoms with Gasteiger partial charge in [0.25, 0.3) is 0 Å². The van der Waals surface area contributed by atoms with E-state index in [1.54, 1.807) is 4.90 Å². The van der Waals surface area contributed by atoms with E-state index in [0.29, 0.717) is 32.6 Å². The topological polar surface area (TPSA) is 113 Å². The van der Waals surface area contributed by atoms with Crippen LogP contribution in [0.5, 0.6) is 0 Å². The summed E-state index contributed by atoms with van der Waals surface area (Å²) in [5.74, 6) is -0.682. The quantitative estimate of drug-likeness (QED) is 0.648. The molecule has 0 spiro atoms. The van der Waals surface area contributed by atoms with Crippen LogP contribution in [0.4, 0.5) is 0 Å². The van der Waals surface area contributed by atoms with Crippen molar-refractivity contribution in [3.8, 4) is 0 Å². The van der Waals surface area contributed by atoms with Crippen LogP contribution in [0.15, 0.2) is 0 Å². The number of nitrogens with one attached hydrogen (secondary N) is 1. The third-order valence-corrected chi connectivity index (χ3v) is 5.68. The van der Waals surface area contributed by atoms with Crippen molar-refractivity contribution in [3.63, 3.8) is 0 Å². The van der Waals surface area contributed by atoms with Crippen LogP contribution in [0.1, 0.15) is 64.7 Å². The Hall–Kier alpha value is -2.12. The lowest BCUT2D eigenvalue weighted by Gasteiger charge is -2.27. The Bertz CT molecular complexity index is 573. The molecule has 2 fully saturated rings. The molecule has 0 aromatic heterocycles. The van der Waals surface area contributed by atoms with Crippen LogP contribution in [-0.2, 0) is 19.2 Å². The Morgan fingerprint density at radius 1 is 0.929 bits per heavy atom. The zero-order chi connectivity index (χ0) is 20.5. The van der Waals surface area contributed by atoms with Crippen LogP contribution >= 0.6 is 0 Å². The smallest absolute Gasteiger partial charge is 0.245 e. The molecule has 8 heteroatoms. The average molecular weight is 395 g/mol. The SMILES string of the molecule is CC(=O)N[C@@H](CCC(N)=O)C(=O)N1CCCN(C(=O)C2CCCCCC2)CC1. The number of carbonyl (C=O) groups is 4. The first-order valence-electron chi connectivity index (χ1n) is 10.5. The standard InChI is InChI=1S/C20H34N4O4/c1-15(25)22-17(9-10-18(21)26)20(28)24-12-6-11-23(13-14-24)19(27)16-7-4-2-3-5-8-16/h16-17H,2-14H2,1H3,(H2,21,26)(H,22,25)/t17-/m0/s1. The van der Waals surface area contributed by atoms with Crippen molar-refractivity contribution in [2.24, 2.45) is 11.7 Å². The predicted octanol–water partition coefficient (Wildman–Crippen LogP) is 0.788. The van der Waals surface area contributed by atoms with Gasteiger partial charge in [-0.2, -0.15) is 0 Å². The number of carbonyl (C=O) groups excluding carboxylic acids is 4. The fraction of sp³-hybridized carbons (Fsp3) is 0.800. The Kier molecular flexibility index (Phi) is 8.73. The first-order valence-corrected chi connectivity index (χ1v) is 10.5. The van der Waals surface area contributed by atoms with E-state index in [1.807, 2.05) is 4.90 Å². The fourth-order valence-corrected chi connectivity index (χ4v) is 4.15. The second-order valence-corrected chi connectivity index (χ2v) is 7.95. The lowest BCUT2D eigenvalue weighted by Crippen LogP contribution is -2.49. The molecule has 3 N–H and O–H groups in total. The Morgan fingerprint density at radius 3 is 2.14 bits per heavy atom. The predicted molar refractivity (Wildman–Crippen MR) is 105 cm³/mol. The van der Waals surface area contributed by atoms with Crippen molar-refractivity contribution < 1.29 is 19.2 Å². The minimum Gasteiger partial charge on any atom is -0.370 e. The second kappa shape index (κ2) is 11.0. The molecule has 0 unspecified atom stereocenters. The number of nitrogens with two attached hydrogens (primary N) is 1. The molecule has 0 radical (unpaired) electrons. The molecule has 1 saturated heterocycles. The van der Waals surface area contributed by atoms with E-state index in [-0.39, 0.29) is 36.5 Å². The zero-order valence-electron chi connectivity index (χ0n) is 17.0. The van der Waals surface area contributed by atoms with Crippen LogP contribution in [-0.4, -0.2) is 65.6 Å². The first-order chi connectivity index (χ1) is 13.4. The van der Waals surface area contributed by atoms with Crippen molar-refractivity contribution in [2.45, 2.75) is 70.8 Å². The van der Waals surface area contributed by atoms with Gasteiger partial charge >= 0.3 is 0 Å². The van der Waals surface area contributed by atoms with Gasteiger partial charge in [-0.05, 0) is 25.7 Å². The van der Waals surface area contributed by atoms with Gasteiger partial charge in [0.1, 0.15) is 6.04 Å². The molecule has 0 aromatic carbocycles. The molecule has 8 nitrogen and oxygen atoms in total. The van der Waals surface area contributed by atoms with Gasteiger partial charge in [-0.3, -0.25) is 19.2 Å². The molecule has 4 amide bonds. The number of hydrogen-bond acceptors (Lipinski definition) is 4. The van der Waals surface area contributed by atoms with E-state index in [1.165, 1.54) is 19.8 Å². The van der Waals surface area contributed by atoms with E-state index < -0.39 is 11.9 Å². The van der Waals surface area contributed by atoms with Gasteiger partial charge in [0.05, 0.1) is 0 Å². The van der Waals surface area contributed by atoms with Gasteiger partial charge in [-0.1, -0.05) is 25.7 Å². The number of amides is 4. The summed E-state index contributed by atoms with van der Waals surface area (Å²) in [5, 5.41) is 2.63. The summed E-state index contributed by atoms with van der Waals surface area (Å²) in [6.07, 6.45) is 7.54. The summed E-state index contributed by atoms with van der Waals surface area (Å²) in [7, 11) is 0. The van der Waals surface area contributed by atoms with Crippen molar-refractivity contribution in [2.75, 3.05) is 26.2 Å². The van der Waals surface area contributed by atoms with Gasteiger partial charge in [0, 0.05) is 45.4 Å². The maximum Gasteiger partial charge on any atom is 0.245 e. The molecule has 28 heavy (non-hydrogen) atoms. The molecule has 2 aliphatic rings. The highest BCUT2D eigenvalue weighted by molar-refractivity contribution is 5.87. The van der Waals surface area contributed by atoms with Gasteiger partial charge in [-0.15, -0.1) is 0 Å². The molecule has 1 saturated carbocycles. The Labute approximate surface area is 167 Å². The van der Waals surface area contributed by atoms with E-state index >= 15 is 0 Å². The summed E-state index contributed by atoms with van der Waals surface area (Å²) in [6, 6.07) is -0.755. The molecule has 0 aromatic rings. The van der Waals surface area contributed by atoms with Gasteiger partial charge < -0.3 is 20.9 Å². The molecule has 1 aliphatic heterocycles. The molecule has 1 heterocycles. The van der Waals surface area contributed by atoms with Gasteiger partial charge in [-0.25, -0.2) is 0 Å². The lowest BCUT2D eigenvalue weighted by atomic mass is 9.98. The molecule has 1 aliphatic carbocycles. The summed E-state index contributed by atoms with van der Waals surface area (Å²) >= 11 is 0. The maximum absolute atomic E-state index is 12.9. The number of nitrogens with zero attached hydrogens (tertiary/aromatic N) is 2. The summed E-state index contributed by atoms with van der Waals surface area (Å²) in [5.41, 5.74) is 5.19. The van der Waals surface area contributed by atoms with Crippen LogP contribution < -0.4 is 11.1 Å². The molecule has 1 atom stereocenters. The average Bonchev–Trinajstić information content (AvgIpc) is 3.06. The third kappa shape index (κ3) is 6.80. The molecular weight excluding hydrogens is 360 g/mol. The van der Waals surface area contributed by atoms with E-state index in [4.69, 9.17) is 5.73 Å². The van der Waals surface area contributed by atoms with E-state index in [2.05, 4.69) is 5.32 Å². The third-order valence-electron chi connectivity index (χ3n) is 5.68. The van der Waals surface area contributed by atoms with Crippen molar-refractivity contribution in [1.82, 2.24) is 15.1 Å². The molecular formula is C20H34N4O4. The Morgan fingerprint density at radius 2 is 1.54 bits per heavy atom. The van der Waals surface area contributed by atoms with Crippen molar-refractivity contribution in [3.05, 3.63) is 0 Å². The van der Waals surface area contributed by atoms with E-state index in [9.17, 15) is 19.2 Å². The lowest BCUT2D eigenvalue weighted by molar-refractivity contribution is -0.138. The largest absolute Gasteiger partial charge is 0.370 e. The minimum atomic E-state index is -0.755. The number of primary amides is 1. The maximum atomic E-state index is 12.9. The van der Waals surface area contributed by atoms with Crippen molar-refractivity contribution in [1.29, 1.82) is 0 Å². The van der Waals surface area contributed by atoms with Crippen LogP contribution in [0, 0.1) is 5.92 Å². The number of hydrogen-bond donors (Lipinski definition) is 2. The van der Waals surface area contributed by atoms with E-state index in [0.717, 1.165) is 25.7 Å². The highest BCUT2D eigenvalue weighted by Gasteiger charge is 2.30. The van der Waals surface area contributed by atoms with Crippen LogP contribution in [0.25, 0.3) is 0 Å². The first kappa shape index (κ1) is 22.2. The minimum absolute atomic E-state index is 0.0385. The molecule has 158 valence electrons. The highest BCUT2D eigenvalue weighted by atomic mass is 16.2. The summed E-state index contributed by atoms with van der Waals surface area (Å²) < 4.78 is 0. The van der Waals surface area contributed by atoms with Gasteiger partial charge in [0.15, 0.2) is 0 Å². The Balaban J connectivity index is 1.94. The number of rotatable bonds is 6. The monoisotopic (exact) mass is 394 g/mol. The fourth-order valence-electron chi connectivity index (χ4n) is 4.15. The highest BCUT2D eigenvalue weighted by Crippen LogP contribution is 2.25. The van der Waals surface area contributed by atoms with Crippen LogP contribution in [0.3, 0.4) is 0 Å². The molecule has 2 rings (SSSR count). The summed E-state index contributed by atoms with van der Waals surface area (Å²) in [4.78, 5) is 51.9. The van der Waals surface area contributed by atoms with Gasteiger partial charge in [0.2, 0.25) is 23.6 Å². The molecule has 0 bridgehead atoms. The second-order valence-electron chi connectivity index (χ2n) is 7.95. The summed E-state index contributed by atoms with van der Waals surface area (Å²) in [6.45, 7) is 3.51. The van der Waals surface area contributed by atoms with Crippen LogP contribution in [0.2, 0.25) is 0 Å². The zero-order valence-corrected chi connectivity index (χ0v) is 17.0. The van der Waals surface area contributed by atoms with Crippen molar-refractivity contribution >= 4 is 23.6 Å². The normalized spacial score (nSPS) is 20.0.